The van der Waals surface area contributed by atoms with Gasteiger partial charge in [0.15, 0.2) is 5.82 Å². The minimum Gasteiger partial charge on any atom is -0.340 e. The van der Waals surface area contributed by atoms with Gasteiger partial charge in [0, 0.05) is 34.1 Å². The number of aromatic nitrogens is 3. The molecule has 4 aromatic rings. The first-order valence-electron chi connectivity index (χ1n) is 8.33. The first-order valence-corrected chi connectivity index (χ1v) is 9.08. The van der Waals surface area contributed by atoms with E-state index in [1.54, 1.807) is 42.7 Å². The number of benzene rings is 2. The third-order valence-electron chi connectivity index (χ3n) is 4.11. The average Bonchev–Trinajstić information content (AvgIpc) is 2.69. The molecule has 0 amide bonds. The highest BCUT2D eigenvalue weighted by molar-refractivity contribution is 6.31. The molecule has 146 valence electrons. The Labute approximate surface area is 173 Å². The van der Waals surface area contributed by atoms with E-state index in [0.29, 0.717) is 33.1 Å². The maximum Gasteiger partial charge on any atom is 0.417 e. The van der Waals surface area contributed by atoms with E-state index in [1.165, 1.54) is 12.1 Å². The number of anilines is 2. The van der Waals surface area contributed by atoms with Gasteiger partial charge in [-0.2, -0.15) is 13.2 Å². The van der Waals surface area contributed by atoms with Crippen molar-refractivity contribution in [1.29, 1.82) is 0 Å². The van der Waals surface area contributed by atoms with Crippen LogP contribution in [0.3, 0.4) is 0 Å². The summed E-state index contributed by atoms with van der Waals surface area (Å²) in [6, 6.07) is 12.1. The summed E-state index contributed by atoms with van der Waals surface area (Å²) < 4.78 is 39.6. The lowest BCUT2D eigenvalue weighted by molar-refractivity contribution is -0.137. The summed E-state index contributed by atoms with van der Waals surface area (Å²) in [4.78, 5) is 13.0. The Morgan fingerprint density at radius 2 is 1.76 bits per heavy atom. The first kappa shape index (κ1) is 19.4. The van der Waals surface area contributed by atoms with Gasteiger partial charge < -0.3 is 5.32 Å². The molecule has 0 saturated carbocycles. The molecule has 0 spiro atoms. The lowest BCUT2D eigenvalue weighted by Gasteiger charge is -2.14. The van der Waals surface area contributed by atoms with Crippen molar-refractivity contribution in [2.75, 3.05) is 5.32 Å². The maximum absolute atomic E-state index is 13.2. The van der Waals surface area contributed by atoms with Crippen LogP contribution in [-0.2, 0) is 6.18 Å². The van der Waals surface area contributed by atoms with Crippen LogP contribution in [0.4, 0.5) is 24.7 Å². The van der Waals surface area contributed by atoms with Gasteiger partial charge in [-0.1, -0.05) is 23.2 Å². The van der Waals surface area contributed by atoms with Crippen LogP contribution in [0.15, 0.2) is 60.9 Å². The zero-order valence-electron chi connectivity index (χ0n) is 14.5. The zero-order valence-corrected chi connectivity index (χ0v) is 16.0. The van der Waals surface area contributed by atoms with Gasteiger partial charge in [-0.15, -0.1) is 0 Å². The summed E-state index contributed by atoms with van der Waals surface area (Å²) >= 11 is 11.8. The van der Waals surface area contributed by atoms with Crippen molar-refractivity contribution in [1.82, 2.24) is 15.0 Å². The van der Waals surface area contributed by atoms with Crippen LogP contribution < -0.4 is 5.32 Å². The van der Waals surface area contributed by atoms with Crippen LogP contribution in [-0.4, -0.2) is 15.0 Å². The van der Waals surface area contributed by atoms with Gasteiger partial charge in [-0.3, -0.25) is 4.98 Å². The van der Waals surface area contributed by atoms with Gasteiger partial charge in [-0.05, 0) is 48.5 Å². The smallest absolute Gasteiger partial charge is 0.340 e. The minimum absolute atomic E-state index is 0.189. The van der Waals surface area contributed by atoms with Crippen molar-refractivity contribution in [3.8, 4) is 11.4 Å². The van der Waals surface area contributed by atoms with E-state index in [2.05, 4.69) is 20.3 Å². The fourth-order valence-corrected chi connectivity index (χ4v) is 3.17. The van der Waals surface area contributed by atoms with E-state index < -0.39 is 11.7 Å². The van der Waals surface area contributed by atoms with Crippen LogP contribution in [0.1, 0.15) is 5.56 Å². The number of rotatable bonds is 3. The molecule has 0 radical (unpaired) electrons. The number of hydrogen-bond acceptors (Lipinski definition) is 4. The first-order chi connectivity index (χ1) is 13.8. The monoisotopic (exact) mass is 434 g/mol. The summed E-state index contributed by atoms with van der Waals surface area (Å²) in [5, 5.41) is 3.65. The zero-order chi connectivity index (χ0) is 20.6. The normalized spacial score (nSPS) is 11.6. The predicted octanol–water partition coefficient (Wildman–Crippen LogP) is 6.76. The molecule has 0 fully saturated rings. The van der Waals surface area contributed by atoms with E-state index in [-0.39, 0.29) is 10.7 Å². The molecule has 0 aliphatic heterocycles. The molecule has 1 N–H and O–H groups in total. The number of pyridine rings is 1. The van der Waals surface area contributed by atoms with E-state index in [9.17, 15) is 13.2 Å². The number of alkyl halides is 3. The van der Waals surface area contributed by atoms with E-state index in [4.69, 9.17) is 23.2 Å². The van der Waals surface area contributed by atoms with Gasteiger partial charge in [0.1, 0.15) is 5.82 Å². The molecule has 2 heterocycles. The number of halogens is 5. The number of fused-ring (bicyclic) bond motifs is 1. The van der Waals surface area contributed by atoms with Gasteiger partial charge in [0.25, 0.3) is 0 Å². The summed E-state index contributed by atoms with van der Waals surface area (Å²) in [7, 11) is 0. The van der Waals surface area contributed by atoms with Crippen molar-refractivity contribution in [2.24, 2.45) is 0 Å². The molecular formula is C20H11Cl2F3N4. The second-order valence-electron chi connectivity index (χ2n) is 6.12. The second-order valence-corrected chi connectivity index (χ2v) is 6.96. The molecule has 2 aromatic carbocycles. The van der Waals surface area contributed by atoms with E-state index in [1.807, 2.05) is 0 Å². The highest BCUT2D eigenvalue weighted by Gasteiger charge is 2.33. The molecule has 9 heteroatoms. The van der Waals surface area contributed by atoms with Crippen LogP contribution in [0.5, 0.6) is 0 Å². The lowest BCUT2D eigenvalue weighted by Crippen LogP contribution is -2.07. The Bertz CT molecular complexity index is 1200. The molecule has 0 unspecified atom stereocenters. The molecule has 0 bridgehead atoms. The summed E-state index contributed by atoms with van der Waals surface area (Å²) in [5.74, 6) is 0.696. The molecule has 0 saturated heterocycles. The van der Waals surface area contributed by atoms with E-state index in [0.717, 1.165) is 6.07 Å². The molecule has 29 heavy (non-hydrogen) atoms. The van der Waals surface area contributed by atoms with Gasteiger partial charge >= 0.3 is 6.18 Å². The number of hydrogen-bond donors (Lipinski definition) is 1. The largest absolute Gasteiger partial charge is 0.417 e. The van der Waals surface area contributed by atoms with Crippen molar-refractivity contribution >= 4 is 45.6 Å². The Morgan fingerprint density at radius 3 is 2.48 bits per heavy atom. The SMILES string of the molecule is FC(F)(F)c1cc(Nc2nc(-c3cccnc3)nc3cc(Cl)ccc23)ccc1Cl. The van der Waals surface area contributed by atoms with Crippen molar-refractivity contribution in [2.45, 2.75) is 6.18 Å². The number of nitrogens with zero attached hydrogens (tertiary/aromatic N) is 3. The Kier molecular flexibility index (Phi) is 5.02. The summed E-state index contributed by atoms with van der Waals surface area (Å²) in [6.07, 6.45) is -1.36. The van der Waals surface area contributed by atoms with Crippen LogP contribution in [0.2, 0.25) is 10.0 Å². The van der Waals surface area contributed by atoms with Crippen LogP contribution in [0, 0.1) is 0 Å². The molecule has 0 aliphatic carbocycles. The van der Waals surface area contributed by atoms with Gasteiger partial charge in [-0.25, -0.2) is 9.97 Å². The van der Waals surface area contributed by atoms with Gasteiger partial charge in [0.2, 0.25) is 0 Å². The molecular weight excluding hydrogens is 424 g/mol. The fraction of sp³-hybridized carbons (Fsp3) is 0.0500. The predicted molar refractivity (Wildman–Crippen MR) is 108 cm³/mol. The van der Waals surface area contributed by atoms with Crippen molar-refractivity contribution in [3.63, 3.8) is 0 Å². The standard InChI is InChI=1S/C20H11Cl2F3N4/c21-12-3-5-14-17(8-12)28-18(11-2-1-7-26-10-11)29-19(14)27-13-4-6-16(22)15(9-13)20(23,24)25/h1-10H,(H,27,28,29). The second kappa shape index (κ2) is 7.50. The molecule has 4 nitrogen and oxygen atoms in total. The average molecular weight is 435 g/mol. The third-order valence-corrected chi connectivity index (χ3v) is 4.68. The van der Waals surface area contributed by atoms with Crippen LogP contribution >= 0.6 is 23.2 Å². The third kappa shape index (κ3) is 4.11. The molecule has 0 atom stereocenters. The quantitative estimate of drug-likeness (QED) is 0.386. The molecule has 2 aromatic heterocycles. The molecule has 4 rings (SSSR count). The van der Waals surface area contributed by atoms with Crippen LogP contribution in [0.25, 0.3) is 22.3 Å². The van der Waals surface area contributed by atoms with Gasteiger partial charge in [0.05, 0.1) is 16.1 Å². The summed E-state index contributed by atoms with van der Waals surface area (Å²) in [5.41, 5.74) is 0.454. The number of nitrogens with one attached hydrogen (secondary N) is 1. The molecule has 0 aliphatic rings. The summed E-state index contributed by atoms with van der Waals surface area (Å²) in [6.45, 7) is 0. The Balaban J connectivity index is 1.85. The lowest BCUT2D eigenvalue weighted by atomic mass is 10.1. The van der Waals surface area contributed by atoms with Crippen molar-refractivity contribution in [3.05, 3.63) is 76.5 Å². The topological polar surface area (TPSA) is 50.7 Å². The van der Waals surface area contributed by atoms with E-state index >= 15 is 0 Å². The highest BCUT2D eigenvalue weighted by atomic mass is 35.5. The Morgan fingerprint density at radius 1 is 0.931 bits per heavy atom. The minimum atomic E-state index is -4.57. The van der Waals surface area contributed by atoms with Crippen molar-refractivity contribution < 1.29 is 13.2 Å². The Hall–Kier alpha value is -2.90. The maximum atomic E-state index is 13.2. The fourth-order valence-electron chi connectivity index (χ4n) is 2.78. The highest BCUT2D eigenvalue weighted by Crippen LogP contribution is 2.37.